The van der Waals surface area contributed by atoms with Gasteiger partial charge in [0, 0.05) is 6.42 Å². The Bertz CT molecular complexity index is 429. The topological polar surface area (TPSA) is 84.9 Å². The molecule has 0 aliphatic carbocycles. The Morgan fingerprint density at radius 3 is 2.37 bits per heavy atom. The van der Waals surface area contributed by atoms with Crippen LogP contribution in [-0.4, -0.2) is 43.9 Å². The molecule has 0 aliphatic rings. The number of hydrogen-bond donors (Lipinski definition) is 2. The zero-order valence-corrected chi connectivity index (χ0v) is 10.9. The summed E-state index contributed by atoms with van der Waals surface area (Å²) in [5, 5.41) is 11.1. The molecule has 0 aliphatic heterocycles. The highest BCUT2D eigenvalue weighted by atomic mass is 16.5. The van der Waals surface area contributed by atoms with E-state index >= 15 is 0 Å². The highest BCUT2D eigenvalue weighted by Crippen LogP contribution is 2.13. The highest BCUT2D eigenvalue weighted by molar-refractivity contribution is 5.85. The molecule has 0 bridgehead atoms. The molecule has 1 aromatic carbocycles. The molecule has 6 nitrogen and oxygen atoms in total. The number of carbonyl (C=O) groups excluding carboxylic acids is 2. The van der Waals surface area contributed by atoms with Gasteiger partial charge in [-0.25, -0.2) is 4.79 Å². The van der Waals surface area contributed by atoms with Gasteiger partial charge in [0.15, 0.2) is 0 Å². The lowest BCUT2D eigenvalue weighted by atomic mass is 10.1. The number of rotatable bonds is 6. The monoisotopic (exact) mass is 267 g/mol. The summed E-state index contributed by atoms with van der Waals surface area (Å²) in [6.07, 6.45) is 0.280. The number of aliphatic hydroxyl groups excluding tert-OH is 1. The van der Waals surface area contributed by atoms with Crippen LogP contribution in [0.15, 0.2) is 24.3 Å². The third kappa shape index (κ3) is 4.59. The van der Waals surface area contributed by atoms with Gasteiger partial charge in [-0.1, -0.05) is 12.1 Å². The molecule has 0 spiro atoms. The van der Waals surface area contributed by atoms with E-state index in [4.69, 9.17) is 9.84 Å². The number of aliphatic hydroxyl groups is 1. The summed E-state index contributed by atoms with van der Waals surface area (Å²) < 4.78 is 9.65. The van der Waals surface area contributed by atoms with Crippen molar-refractivity contribution in [3.63, 3.8) is 0 Å². The lowest BCUT2D eigenvalue weighted by Crippen LogP contribution is -2.44. The first-order valence-electron chi connectivity index (χ1n) is 5.71. The fourth-order valence-electron chi connectivity index (χ4n) is 1.57. The predicted octanol–water partition coefficient (Wildman–Crippen LogP) is -0.112. The maximum absolute atomic E-state index is 11.5. The van der Waals surface area contributed by atoms with Gasteiger partial charge in [0.1, 0.15) is 18.4 Å². The van der Waals surface area contributed by atoms with E-state index in [-0.39, 0.29) is 6.42 Å². The van der Waals surface area contributed by atoms with Crippen LogP contribution < -0.4 is 10.1 Å². The first-order chi connectivity index (χ1) is 9.10. The van der Waals surface area contributed by atoms with Crippen molar-refractivity contribution in [2.75, 3.05) is 20.8 Å². The van der Waals surface area contributed by atoms with E-state index in [0.29, 0.717) is 5.75 Å². The number of esters is 1. The normalized spacial score (nSPS) is 11.5. The van der Waals surface area contributed by atoms with Crippen LogP contribution in [0.2, 0.25) is 0 Å². The summed E-state index contributed by atoms with van der Waals surface area (Å²) in [4.78, 5) is 22.7. The maximum atomic E-state index is 11.5. The number of carbonyl (C=O) groups is 2. The summed E-state index contributed by atoms with van der Waals surface area (Å²) in [6, 6.07) is 6.28. The number of hydrogen-bond acceptors (Lipinski definition) is 5. The van der Waals surface area contributed by atoms with Crippen molar-refractivity contribution in [1.82, 2.24) is 5.32 Å². The molecule has 0 radical (unpaired) electrons. The van der Waals surface area contributed by atoms with Crippen molar-refractivity contribution in [3.8, 4) is 5.75 Å². The van der Waals surface area contributed by atoms with Crippen molar-refractivity contribution in [3.05, 3.63) is 29.8 Å². The Morgan fingerprint density at radius 2 is 1.89 bits per heavy atom. The van der Waals surface area contributed by atoms with Gasteiger partial charge in [0.05, 0.1) is 14.2 Å². The molecule has 1 rings (SSSR count). The van der Waals surface area contributed by atoms with Crippen molar-refractivity contribution < 1.29 is 24.2 Å². The fraction of sp³-hybridized carbons (Fsp3) is 0.385. The molecule has 0 fully saturated rings. The molecular formula is C13H17NO5. The molecule has 0 aromatic heterocycles. The Morgan fingerprint density at radius 1 is 1.26 bits per heavy atom. The zero-order valence-electron chi connectivity index (χ0n) is 10.9. The quantitative estimate of drug-likeness (QED) is 0.702. The van der Waals surface area contributed by atoms with E-state index in [2.05, 4.69) is 10.1 Å². The minimum absolute atomic E-state index is 0.280. The van der Waals surface area contributed by atoms with Crippen LogP contribution in [0.3, 0.4) is 0 Å². The van der Waals surface area contributed by atoms with E-state index in [9.17, 15) is 9.59 Å². The highest BCUT2D eigenvalue weighted by Gasteiger charge is 2.21. The van der Waals surface area contributed by atoms with Gasteiger partial charge in [0.25, 0.3) is 0 Å². The molecule has 0 saturated carbocycles. The average molecular weight is 267 g/mol. The summed E-state index contributed by atoms with van der Waals surface area (Å²) in [7, 11) is 2.81. The van der Waals surface area contributed by atoms with Crippen LogP contribution in [0.1, 0.15) is 5.56 Å². The van der Waals surface area contributed by atoms with Crippen LogP contribution in [-0.2, 0) is 20.7 Å². The molecule has 0 saturated heterocycles. The van der Waals surface area contributed by atoms with Crippen LogP contribution >= 0.6 is 0 Å². The number of amides is 1. The standard InChI is InChI=1S/C13H17NO5/c1-18-10-5-3-9(4-6-10)7-11(13(17)19-2)14-12(16)8-15/h3-6,11,15H,7-8H2,1-2H3,(H,14,16)/t11-/m0/s1. The largest absolute Gasteiger partial charge is 0.497 e. The molecule has 19 heavy (non-hydrogen) atoms. The lowest BCUT2D eigenvalue weighted by Gasteiger charge is -2.16. The number of ether oxygens (including phenoxy) is 2. The summed E-state index contributed by atoms with van der Waals surface area (Å²) in [6.45, 7) is -0.671. The molecule has 1 atom stereocenters. The van der Waals surface area contributed by atoms with Gasteiger partial charge in [-0.3, -0.25) is 4.79 Å². The van der Waals surface area contributed by atoms with Gasteiger partial charge in [-0.15, -0.1) is 0 Å². The van der Waals surface area contributed by atoms with Gasteiger partial charge >= 0.3 is 5.97 Å². The van der Waals surface area contributed by atoms with Crippen LogP contribution in [0, 0.1) is 0 Å². The first kappa shape index (κ1) is 15.0. The Hall–Kier alpha value is -2.08. The molecule has 2 N–H and O–H groups in total. The van der Waals surface area contributed by atoms with Crippen molar-refractivity contribution >= 4 is 11.9 Å². The maximum Gasteiger partial charge on any atom is 0.328 e. The number of nitrogens with one attached hydrogen (secondary N) is 1. The average Bonchev–Trinajstić information content (AvgIpc) is 2.46. The van der Waals surface area contributed by atoms with Crippen LogP contribution in [0.4, 0.5) is 0 Å². The molecule has 6 heteroatoms. The van der Waals surface area contributed by atoms with Crippen molar-refractivity contribution in [1.29, 1.82) is 0 Å². The Balaban J connectivity index is 2.75. The second-order valence-corrected chi connectivity index (χ2v) is 3.85. The summed E-state index contributed by atoms with van der Waals surface area (Å²) >= 11 is 0. The summed E-state index contributed by atoms with van der Waals surface area (Å²) in [5.74, 6) is -0.473. The van der Waals surface area contributed by atoms with Crippen molar-refractivity contribution in [2.24, 2.45) is 0 Å². The Kier molecular flexibility index (Phi) is 5.81. The van der Waals surface area contributed by atoms with Crippen molar-refractivity contribution in [2.45, 2.75) is 12.5 Å². The number of methoxy groups -OCH3 is 2. The zero-order chi connectivity index (χ0) is 14.3. The Labute approximate surface area is 111 Å². The molecule has 1 aromatic rings. The van der Waals surface area contributed by atoms with E-state index in [1.54, 1.807) is 31.4 Å². The minimum atomic E-state index is -0.821. The molecule has 104 valence electrons. The predicted molar refractivity (Wildman–Crippen MR) is 67.7 cm³/mol. The van der Waals surface area contributed by atoms with Gasteiger partial charge in [-0.05, 0) is 17.7 Å². The first-order valence-corrected chi connectivity index (χ1v) is 5.71. The summed E-state index contributed by atoms with van der Waals surface area (Å²) in [5.41, 5.74) is 0.842. The fourth-order valence-corrected chi connectivity index (χ4v) is 1.57. The smallest absolute Gasteiger partial charge is 0.328 e. The van der Waals surface area contributed by atoms with Gasteiger partial charge in [0.2, 0.25) is 5.91 Å². The molecular weight excluding hydrogens is 250 g/mol. The lowest BCUT2D eigenvalue weighted by molar-refractivity contribution is -0.145. The SMILES string of the molecule is COC(=O)[C@H](Cc1ccc(OC)cc1)NC(=O)CO. The van der Waals surface area contributed by atoms with Crippen LogP contribution in [0.5, 0.6) is 5.75 Å². The van der Waals surface area contributed by atoms with E-state index in [1.807, 2.05) is 0 Å². The second-order valence-electron chi connectivity index (χ2n) is 3.85. The third-order valence-corrected chi connectivity index (χ3v) is 2.56. The second kappa shape index (κ2) is 7.38. The van der Waals surface area contributed by atoms with E-state index in [0.717, 1.165) is 5.56 Å². The number of benzene rings is 1. The van der Waals surface area contributed by atoms with E-state index in [1.165, 1.54) is 7.11 Å². The third-order valence-electron chi connectivity index (χ3n) is 2.56. The van der Waals surface area contributed by atoms with Crippen LogP contribution in [0.25, 0.3) is 0 Å². The van der Waals surface area contributed by atoms with E-state index < -0.39 is 24.5 Å². The molecule has 1 amide bonds. The van der Waals surface area contributed by atoms with Gasteiger partial charge in [-0.2, -0.15) is 0 Å². The minimum Gasteiger partial charge on any atom is -0.497 e. The molecule has 0 unspecified atom stereocenters. The molecule has 0 heterocycles. The van der Waals surface area contributed by atoms with Gasteiger partial charge < -0.3 is 19.9 Å².